The van der Waals surface area contributed by atoms with Gasteiger partial charge in [0, 0.05) is 37.6 Å². The standard InChI is InChI=1S/C18H23N5O.HI/c1-14-6-8-16(9-7-14)22-18(19)21-13-17(24)23(2)12-10-15-5-3-4-11-20-15;/h3-9,11H,10,12-13H2,1-2H3,(H3,19,21,22);1H. The van der Waals surface area contributed by atoms with E-state index >= 15 is 0 Å². The molecule has 6 nitrogen and oxygen atoms in total. The van der Waals surface area contributed by atoms with Crippen molar-refractivity contribution in [2.75, 3.05) is 25.5 Å². The van der Waals surface area contributed by atoms with Crippen LogP contribution in [0.2, 0.25) is 0 Å². The largest absolute Gasteiger partial charge is 0.370 e. The molecule has 1 aromatic carbocycles. The lowest BCUT2D eigenvalue weighted by molar-refractivity contribution is -0.128. The summed E-state index contributed by atoms with van der Waals surface area (Å²) in [5.74, 6) is 0.143. The first-order chi connectivity index (χ1) is 11.5. The van der Waals surface area contributed by atoms with E-state index in [0.717, 1.165) is 11.4 Å². The molecule has 3 N–H and O–H groups in total. The Labute approximate surface area is 165 Å². The van der Waals surface area contributed by atoms with Crippen molar-refractivity contribution in [2.24, 2.45) is 10.7 Å². The number of hydrogen-bond acceptors (Lipinski definition) is 3. The summed E-state index contributed by atoms with van der Waals surface area (Å²) in [4.78, 5) is 22.1. The van der Waals surface area contributed by atoms with Crippen LogP contribution in [-0.4, -0.2) is 41.9 Å². The molecule has 1 aromatic heterocycles. The quantitative estimate of drug-likeness (QED) is 0.400. The number of nitrogens with one attached hydrogen (secondary N) is 1. The maximum atomic E-state index is 12.1. The summed E-state index contributed by atoms with van der Waals surface area (Å²) in [6.07, 6.45) is 2.46. The molecule has 0 bridgehead atoms. The first-order valence-corrected chi connectivity index (χ1v) is 7.82. The molecule has 0 atom stereocenters. The van der Waals surface area contributed by atoms with Crippen LogP contribution in [0.5, 0.6) is 0 Å². The van der Waals surface area contributed by atoms with Crippen LogP contribution in [0.25, 0.3) is 0 Å². The predicted octanol–water partition coefficient (Wildman–Crippen LogP) is 2.44. The van der Waals surface area contributed by atoms with Crippen LogP contribution in [0, 0.1) is 6.92 Å². The lowest BCUT2D eigenvalue weighted by Crippen LogP contribution is -2.32. The van der Waals surface area contributed by atoms with E-state index in [0.29, 0.717) is 13.0 Å². The van der Waals surface area contributed by atoms with Crippen molar-refractivity contribution in [3.8, 4) is 0 Å². The molecular weight excluding hydrogens is 429 g/mol. The summed E-state index contributed by atoms with van der Waals surface area (Å²) in [6, 6.07) is 13.5. The van der Waals surface area contributed by atoms with E-state index in [1.165, 1.54) is 5.56 Å². The lowest BCUT2D eigenvalue weighted by atomic mass is 10.2. The van der Waals surface area contributed by atoms with Crippen LogP contribution in [-0.2, 0) is 11.2 Å². The number of aromatic nitrogens is 1. The number of carbonyl (C=O) groups excluding carboxylic acids is 1. The zero-order valence-electron chi connectivity index (χ0n) is 14.5. The normalized spacial score (nSPS) is 10.7. The lowest BCUT2D eigenvalue weighted by Gasteiger charge is -2.16. The molecule has 0 saturated heterocycles. The average molecular weight is 453 g/mol. The Hall–Kier alpha value is -2.16. The second kappa shape index (κ2) is 10.7. The van der Waals surface area contributed by atoms with E-state index in [1.54, 1.807) is 18.1 Å². The Morgan fingerprint density at radius 3 is 2.60 bits per heavy atom. The minimum absolute atomic E-state index is 0. The summed E-state index contributed by atoms with van der Waals surface area (Å²) >= 11 is 0. The van der Waals surface area contributed by atoms with Crippen LogP contribution in [0.1, 0.15) is 11.3 Å². The SMILES string of the molecule is Cc1ccc(NC(N)=NCC(=O)N(C)CCc2ccccn2)cc1.I. The number of hydrogen-bond donors (Lipinski definition) is 2. The number of likely N-dealkylation sites (N-methyl/N-ethyl adjacent to an activating group) is 1. The summed E-state index contributed by atoms with van der Waals surface area (Å²) in [7, 11) is 1.75. The Morgan fingerprint density at radius 1 is 1.24 bits per heavy atom. The molecule has 1 heterocycles. The molecular formula is C18H24IN5O. The third-order valence-electron chi connectivity index (χ3n) is 3.56. The van der Waals surface area contributed by atoms with Gasteiger partial charge in [0.15, 0.2) is 5.96 Å². The number of nitrogens with two attached hydrogens (primary N) is 1. The number of benzene rings is 1. The Kier molecular flexibility index (Phi) is 8.90. The summed E-state index contributed by atoms with van der Waals surface area (Å²) in [5.41, 5.74) is 8.79. The molecule has 7 heteroatoms. The van der Waals surface area contributed by atoms with Crippen molar-refractivity contribution in [3.05, 3.63) is 59.9 Å². The fraction of sp³-hybridized carbons (Fsp3) is 0.278. The van der Waals surface area contributed by atoms with Crippen LogP contribution < -0.4 is 11.1 Å². The molecule has 0 aliphatic rings. The van der Waals surface area contributed by atoms with Gasteiger partial charge in [-0.3, -0.25) is 9.78 Å². The zero-order chi connectivity index (χ0) is 17.4. The van der Waals surface area contributed by atoms with Gasteiger partial charge in [-0.05, 0) is 31.2 Å². The van der Waals surface area contributed by atoms with Gasteiger partial charge in [-0.15, -0.1) is 24.0 Å². The van der Waals surface area contributed by atoms with Gasteiger partial charge in [0.25, 0.3) is 0 Å². The van der Waals surface area contributed by atoms with E-state index < -0.39 is 0 Å². The Morgan fingerprint density at radius 2 is 1.96 bits per heavy atom. The summed E-state index contributed by atoms with van der Waals surface area (Å²) in [5, 5.41) is 2.97. The molecule has 25 heavy (non-hydrogen) atoms. The number of aryl methyl sites for hydroxylation is 1. The predicted molar refractivity (Wildman–Crippen MR) is 112 cm³/mol. The average Bonchev–Trinajstić information content (AvgIpc) is 2.60. The highest BCUT2D eigenvalue weighted by molar-refractivity contribution is 14.0. The van der Waals surface area contributed by atoms with E-state index in [1.807, 2.05) is 49.4 Å². The first-order valence-electron chi connectivity index (χ1n) is 7.82. The fourth-order valence-corrected chi connectivity index (χ4v) is 2.05. The first kappa shape index (κ1) is 20.9. The van der Waals surface area contributed by atoms with Gasteiger partial charge in [-0.2, -0.15) is 0 Å². The number of nitrogens with zero attached hydrogens (tertiary/aromatic N) is 3. The number of amides is 1. The smallest absolute Gasteiger partial charge is 0.244 e. The van der Waals surface area contributed by atoms with Crippen LogP contribution in [0.4, 0.5) is 5.69 Å². The number of rotatable bonds is 6. The van der Waals surface area contributed by atoms with Crippen LogP contribution in [0.3, 0.4) is 0 Å². The van der Waals surface area contributed by atoms with Crippen molar-refractivity contribution in [2.45, 2.75) is 13.3 Å². The molecule has 2 rings (SSSR count). The maximum absolute atomic E-state index is 12.1. The minimum atomic E-state index is -0.0837. The molecule has 2 aromatic rings. The molecule has 1 amide bonds. The molecule has 0 aliphatic carbocycles. The summed E-state index contributed by atoms with van der Waals surface area (Å²) in [6.45, 7) is 2.63. The van der Waals surface area contributed by atoms with Crippen molar-refractivity contribution >= 4 is 41.5 Å². The minimum Gasteiger partial charge on any atom is -0.370 e. The van der Waals surface area contributed by atoms with Crippen molar-refractivity contribution in [3.63, 3.8) is 0 Å². The molecule has 0 saturated carbocycles. The number of aliphatic imine (C=N–C) groups is 1. The summed E-state index contributed by atoms with van der Waals surface area (Å²) < 4.78 is 0. The van der Waals surface area contributed by atoms with Gasteiger partial charge in [-0.25, -0.2) is 4.99 Å². The molecule has 0 unspecified atom stereocenters. The molecule has 0 fully saturated rings. The maximum Gasteiger partial charge on any atom is 0.244 e. The number of pyridine rings is 1. The highest BCUT2D eigenvalue weighted by atomic mass is 127. The van der Waals surface area contributed by atoms with Gasteiger partial charge >= 0.3 is 0 Å². The van der Waals surface area contributed by atoms with Gasteiger partial charge < -0.3 is 16.0 Å². The topological polar surface area (TPSA) is 83.6 Å². The molecule has 134 valence electrons. The van der Waals surface area contributed by atoms with Crippen molar-refractivity contribution < 1.29 is 4.79 Å². The Bertz CT molecular complexity index is 688. The van der Waals surface area contributed by atoms with Crippen molar-refractivity contribution in [1.29, 1.82) is 0 Å². The van der Waals surface area contributed by atoms with Gasteiger partial charge in [0.05, 0.1) is 0 Å². The molecule has 0 aliphatic heterocycles. The van der Waals surface area contributed by atoms with Gasteiger partial charge in [-0.1, -0.05) is 23.8 Å². The van der Waals surface area contributed by atoms with E-state index in [-0.39, 0.29) is 42.4 Å². The molecule has 0 radical (unpaired) electrons. The zero-order valence-corrected chi connectivity index (χ0v) is 16.8. The fourth-order valence-electron chi connectivity index (χ4n) is 2.05. The third-order valence-corrected chi connectivity index (χ3v) is 3.56. The monoisotopic (exact) mass is 453 g/mol. The highest BCUT2D eigenvalue weighted by Crippen LogP contribution is 2.07. The van der Waals surface area contributed by atoms with E-state index in [9.17, 15) is 4.79 Å². The second-order valence-electron chi connectivity index (χ2n) is 5.58. The van der Waals surface area contributed by atoms with Crippen molar-refractivity contribution in [1.82, 2.24) is 9.88 Å². The van der Waals surface area contributed by atoms with E-state index in [4.69, 9.17) is 5.73 Å². The number of halogens is 1. The molecule has 0 spiro atoms. The van der Waals surface area contributed by atoms with E-state index in [2.05, 4.69) is 15.3 Å². The van der Waals surface area contributed by atoms with Crippen LogP contribution in [0.15, 0.2) is 53.7 Å². The number of carbonyl (C=O) groups is 1. The van der Waals surface area contributed by atoms with Gasteiger partial charge in [0.1, 0.15) is 6.54 Å². The van der Waals surface area contributed by atoms with Gasteiger partial charge in [0.2, 0.25) is 5.91 Å². The Balaban J connectivity index is 0.00000312. The third kappa shape index (κ3) is 7.51. The number of guanidine groups is 1. The second-order valence-corrected chi connectivity index (χ2v) is 5.58. The number of anilines is 1. The highest BCUT2D eigenvalue weighted by Gasteiger charge is 2.08. The van der Waals surface area contributed by atoms with Crippen LogP contribution >= 0.6 is 24.0 Å².